The van der Waals surface area contributed by atoms with Crippen molar-refractivity contribution >= 4 is 44.8 Å². The minimum Gasteiger partial charge on any atom is -0.350 e. The first kappa shape index (κ1) is 28.2. The van der Waals surface area contributed by atoms with E-state index in [0.29, 0.717) is 47.5 Å². The van der Waals surface area contributed by atoms with Crippen molar-refractivity contribution < 1.29 is 13.2 Å². The van der Waals surface area contributed by atoms with Crippen LogP contribution >= 0.6 is 23.2 Å². The van der Waals surface area contributed by atoms with Crippen LogP contribution in [-0.4, -0.2) is 60.9 Å². The van der Waals surface area contributed by atoms with Crippen molar-refractivity contribution in [2.75, 3.05) is 30.2 Å². The molecule has 1 aromatic heterocycles. The summed E-state index contributed by atoms with van der Waals surface area (Å²) < 4.78 is 29.2. The van der Waals surface area contributed by atoms with Gasteiger partial charge in [-0.1, -0.05) is 53.5 Å². The lowest BCUT2D eigenvalue weighted by atomic mass is 9.93. The van der Waals surface area contributed by atoms with Gasteiger partial charge in [-0.15, -0.1) is 0 Å². The zero-order chi connectivity index (χ0) is 28.3. The zero-order valence-electron chi connectivity index (χ0n) is 21.8. The van der Waals surface area contributed by atoms with Gasteiger partial charge < -0.3 is 5.32 Å². The summed E-state index contributed by atoms with van der Waals surface area (Å²) >= 11 is 12.3. The molecule has 0 atom stereocenters. The Labute approximate surface area is 244 Å². The van der Waals surface area contributed by atoms with E-state index in [1.807, 2.05) is 60.8 Å². The van der Waals surface area contributed by atoms with Gasteiger partial charge in [0.05, 0.1) is 30.6 Å². The number of sulfonamides is 1. The standard InChI is InChI=1S/C29H29Cl2N5O3S/c1-40(38,39)36(26-5-2-4-23(18-26)29(37)32-15-17-35-16-3-14-33-35)27-19-34(20-27)28(21-6-10-24(30)11-7-21)22-8-12-25(31)13-9-22/h2-14,16,18,27-28H,15,17,19-20H2,1H3,(H,32,37). The lowest BCUT2D eigenvalue weighted by Gasteiger charge is -2.48. The van der Waals surface area contributed by atoms with Crippen molar-refractivity contribution in [1.82, 2.24) is 20.0 Å². The van der Waals surface area contributed by atoms with E-state index in [1.54, 1.807) is 35.1 Å². The highest BCUT2D eigenvalue weighted by molar-refractivity contribution is 7.92. The van der Waals surface area contributed by atoms with Crippen LogP contribution in [0.15, 0.2) is 91.3 Å². The van der Waals surface area contributed by atoms with Crippen molar-refractivity contribution in [1.29, 1.82) is 0 Å². The van der Waals surface area contributed by atoms with Crippen LogP contribution in [0.2, 0.25) is 10.0 Å². The van der Waals surface area contributed by atoms with Gasteiger partial charge in [-0.25, -0.2) is 8.42 Å². The van der Waals surface area contributed by atoms with Gasteiger partial charge in [0.15, 0.2) is 0 Å². The second kappa shape index (κ2) is 12.0. The fourth-order valence-electron chi connectivity index (χ4n) is 5.03. The average molecular weight is 599 g/mol. The van der Waals surface area contributed by atoms with Crippen molar-refractivity contribution in [3.63, 3.8) is 0 Å². The van der Waals surface area contributed by atoms with E-state index in [0.717, 1.165) is 11.1 Å². The molecule has 1 aliphatic heterocycles. The van der Waals surface area contributed by atoms with Gasteiger partial charge in [-0.2, -0.15) is 5.10 Å². The molecule has 3 aromatic carbocycles. The molecule has 208 valence electrons. The monoisotopic (exact) mass is 597 g/mol. The maximum atomic E-state index is 13.0. The van der Waals surface area contributed by atoms with Crippen molar-refractivity contribution in [3.05, 3.63) is 118 Å². The highest BCUT2D eigenvalue weighted by Crippen LogP contribution is 2.36. The highest BCUT2D eigenvalue weighted by Gasteiger charge is 2.40. The summed E-state index contributed by atoms with van der Waals surface area (Å²) in [6.45, 7) is 1.94. The highest BCUT2D eigenvalue weighted by atomic mass is 35.5. The maximum Gasteiger partial charge on any atom is 0.251 e. The SMILES string of the molecule is CS(=O)(=O)N(c1cccc(C(=O)NCCn2cccn2)c1)C1CN(C(c2ccc(Cl)cc2)c2ccc(Cl)cc2)C1. The Hall–Kier alpha value is -3.37. The molecule has 1 saturated heterocycles. The number of anilines is 1. The van der Waals surface area contributed by atoms with Crippen molar-refractivity contribution in [2.45, 2.75) is 18.6 Å². The molecule has 4 aromatic rings. The van der Waals surface area contributed by atoms with Gasteiger partial charge in [0.25, 0.3) is 5.91 Å². The Morgan fingerprint density at radius 2 is 1.62 bits per heavy atom. The van der Waals surface area contributed by atoms with Crippen LogP contribution in [0.5, 0.6) is 0 Å². The summed E-state index contributed by atoms with van der Waals surface area (Å²) in [5.41, 5.74) is 2.94. The first-order chi connectivity index (χ1) is 19.2. The van der Waals surface area contributed by atoms with E-state index in [9.17, 15) is 13.2 Å². The summed E-state index contributed by atoms with van der Waals surface area (Å²) in [5, 5.41) is 8.29. The topological polar surface area (TPSA) is 87.5 Å². The Kier molecular flexibility index (Phi) is 8.46. The van der Waals surface area contributed by atoms with Gasteiger partial charge in [0.1, 0.15) is 0 Å². The van der Waals surface area contributed by atoms with E-state index in [-0.39, 0.29) is 18.0 Å². The normalized spacial score (nSPS) is 14.2. The summed E-state index contributed by atoms with van der Waals surface area (Å²) in [7, 11) is -3.63. The average Bonchev–Trinajstić information content (AvgIpc) is 3.42. The number of benzene rings is 3. The Bertz CT molecular complexity index is 1510. The van der Waals surface area contributed by atoms with Gasteiger partial charge in [-0.05, 0) is 59.7 Å². The van der Waals surface area contributed by atoms with Gasteiger partial charge >= 0.3 is 0 Å². The largest absolute Gasteiger partial charge is 0.350 e. The number of carbonyl (C=O) groups excluding carboxylic acids is 1. The molecule has 2 heterocycles. The third-order valence-corrected chi connectivity index (χ3v) is 8.59. The van der Waals surface area contributed by atoms with Crippen LogP contribution in [0.1, 0.15) is 27.5 Å². The number of likely N-dealkylation sites (tertiary alicyclic amines) is 1. The van der Waals surface area contributed by atoms with Crippen LogP contribution in [-0.2, 0) is 16.6 Å². The summed E-state index contributed by atoms with van der Waals surface area (Å²) in [4.78, 5) is 15.0. The number of carbonyl (C=O) groups is 1. The number of halogens is 2. The van der Waals surface area contributed by atoms with Crippen molar-refractivity contribution in [2.24, 2.45) is 0 Å². The molecular formula is C29H29Cl2N5O3S. The Morgan fingerprint density at radius 3 is 2.17 bits per heavy atom. The smallest absolute Gasteiger partial charge is 0.251 e. The van der Waals surface area contributed by atoms with E-state index in [4.69, 9.17) is 23.2 Å². The summed E-state index contributed by atoms with van der Waals surface area (Å²) in [5.74, 6) is -0.275. The summed E-state index contributed by atoms with van der Waals surface area (Å²) in [6, 6.07) is 23.5. The van der Waals surface area contributed by atoms with Gasteiger partial charge in [-0.3, -0.25) is 18.7 Å². The number of nitrogens with one attached hydrogen (secondary N) is 1. The second-order valence-electron chi connectivity index (χ2n) is 9.75. The zero-order valence-corrected chi connectivity index (χ0v) is 24.1. The molecule has 0 spiro atoms. The van der Waals surface area contributed by atoms with Crippen LogP contribution in [0.25, 0.3) is 0 Å². The first-order valence-electron chi connectivity index (χ1n) is 12.8. The molecule has 8 nitrogen and oxygen atoms in total. The predicted octanol–water partition coefficient (Wildman–Crippen LogP) is 4.86. The van der Waals surface area contributed by atoms with Crippen LogP contribution in [0.3, 0.4) is 0 Å². The van der Waals surface area contributed by atoms with E-state index in [1.165, 1.54) is 10.6 Å². The van der Waals surface area contributed by atoms with E-state index >= 15 is 0 Å². The molecule has 5 rings (SSSR count). The molecule has 0 unspecified atom stereocenters. The maximum absolute atomic E-state index is 13.0. The van der Waals surface area contributed by atoms with E-state index in [2.05, 4.69) is 15.3 Å². The van der Waals surface area contributed by atoms with Gasteiger partial charge in [0, 0.05) is 47.6 Å². The Balaban J connectivity index is 1.34. The van der Waals surface area contributed by atoms with Crippen molar-refractivity contribution in [3.8, 4) is 0 Å². The second-order valence-corrected chi connectivity index (χ2v) is 12.5. The quantitative estimate of drug-likeness (QED) is 0.282. The van der Waals surface area contributed by atoms with Gasteiger partial charge in [0.2, 0.25) is 10.0 Å². The predicted molar refractivity (Wildman–Crippen MR) is 158 cm³/mol. The molecule has 1 fully saturated rings. The van der Waals surface area contributed by atoms with E-state index < -0.39 is 10.0 Å². The first-order valence-corrected chi connectivity index (χ1v) is 15.4. The fraction of sp³-hybridized carbons (Fsp3) is 0.241. The molecule has 0 radical (unpaired) electrons. The molecule has 0 saturated carbocycles. The number of hydrogen-bond acceptors (Lipinski definition) is 5. The number of nitrogens with zero attached hydrogens (tertiary/aromatic N) is 4. The third-order valence-electron chi connectivity index (χ3n) is 6.86. The van der Waals surface area contributed by atoms with Crippen LogP contribution < -0.4 is 9.62 Å². The number of amides is 1. The molecule has 1 amide bonds. The fourth-order valence-corrected chi connectivity index (χ4v) is 6.45. The number of hydrogen-bond donors (Lipinski definition) is 1. The number of rotatable bonds is 10. The minimum atomic E-state index is -3.63. The molecule has 1 aliphatic rings. The third kappa shape index (κ3) is 6.50. The molecule has 40 heavy (non-hydrogen) atoms. The minimum absolute atomic E-state index is 0.0981. The van der Waals surface area contributed by atoms with Crippen LogP contribution in [0.4, 0.5) is 5.69 Å². The molecular weight excluding hydrogens is 569 g/mol. The molecule has 1 N–H and O–H groups in total. The molecule has 11 heteroatoms. The Morgan fingerprint density at radius 1 is 1.00 bits per heavy atom. The number of aromatic nitrogens is 2. The van der Waals surface area contributed by atoms with Crippen LogP contribution in [0, 0.1) is 0 Å². The lowest BCUT2D eigenvalue weighted by Crippen LogP contribution is -2.61. The summed E-state index contributed by atoms with van der Waals surface area (Å²) in [6.07, 6.45) is 4.70. The molecule has 0 aliphatic carbocycles. The lowest BCUT2D eigenvalue weighted by molar-refractivity contribution is 0.0951. The molecule has 0 bridgehead atoms.